The van der Waals surface area contributed by atoms with E-state index in [4.69, 9.17) is 0 Å². The number of nitrogens with one attached hydrogen (secondary N) is 1. The second-order valence-electron chi connectivity index (χ2n) is 7.94. The van der Waals surface area contributed by atoms with Crippen LogP contribution in [-0.2, 0) is 4.79 Å². The van der Waals surface area contributed by atoms with Gasteiger partial charge in [-0.2, -0.15) is 0 Å². The lowest BCUT2D eigenvalue weighted by atomic mass is 9.73. The summed E-state index contributed by atoms with van der Waals surface area (Å²) < 4.78 is 26.4. The quantitative estimate of drug-likeness (QED) is 0.584. The number of para-hydroxylation sites is 1. The number of nitrogens with zero attached hydrogens (tertiary/aromatic N) is 1. The van der Waals surface area contributed by atoms with Crippen LogP contribution < -0.4 is 5.32 Å². The standard InChI is InChI=1S/C24H24F2N2O/c1-15(24(29)28-18-10-11-21(25)22(26)14-18)16-6-8-17(9-7-16)19-12-13-27-23-5-3-2-4-20(19)23/h2-5,10-17H,6-9H2,1H3,(H,28,29)/t15-,16-,17-/m1/s1. The van der Waals surface area contributed by atoms with E-state index in [0.717, 1.165) is 43.3 Å². The van der Waals surface area contributed by atoms with E-state index in [2.05, 4.69) is 22.4 Å². The van der Waals surface area contributed by atoms with Crippen LogP contribution in [0.4, 0.5) is 14.5 Å². The molecule has 1 aliphatic carbocycles. The van der Waals surface area contributed by atoms with Crippen molar-refractivity contribution in [3.05, 3.63) is 71.9 Å². The highest BCUT2D eigenvalue weighted by atomic mass is 19.2. The van der Waals surface area contributed by atoms with Crippen LogP contribution in [0, 0.1) is 23.5 Å². The predicted molar refractivity (Wildman–Crippen MR) is 111 cm³/mol. The van der Waals surface area contributed by atoms with Crippen LogP contribution >= 0.6 is 0 Å². The molecule has 3 nitrogen and oxygen atoms in total. The minimum absolute atomic E-state index is 0.145. The third kappa shape index (κ3) is 4.14. The molecule has 1 aliphatic rings. The fourth-order valence-corrected chi connectivity index (χ4v) is 4.45. The van der Waals surface area contributed by atoms with Crippen LogP contribution in [0.5, 0.6) is 0 Å². The molecular weight excluding hydrogens is 370 g/mol. The number of amides is 1. The van der Waals surface area contributed by atoms with Gasteiger partial charge in [-0.05, 0) is 67.3 Å². The lowest BCUT2D eigenvalue weighted by Crippen LogP contribution is -2.29. The average Bonchev–Trinajstić information content (AvgIpc) is 2.75. The molecule has 0 spiro atoms. The zero-order valence-electron chi connectivity index (χ0n) is 16.4. The number of carbonyl (C=O) groups excluding carboxylic acids is 1. The number of pyridine rings is 1. The molecule has 0 unspecified atom stereocenters. The molecule has 0 saturated heterocycles. The molecule has 1 atom stereocenters. The highest BCUT2D eigenvalue weighted by molar-refractivity contribution is 5.92. The Morgan fingerprint density at radius 3 is 2.55 bits per heavy atom. The second-order valence-corrected chi connectivity index (χ2v) is 7.94. The zero-order chi connectivity index (χ0) is 20.4. The van der Waals surface area contributed by atoms with E-state index in [9.17, 15) is 13.6 Å². The van der Waals surface area contributed by atoms with Crippen molar-refractivity contribution in [2.45, 2.75) is 38.5 Å². The van der Waals surface area contributed by atoms with Crippen molar-refractivity contribution in [2.24, 2.45) is 11.8 Å². The van der Waals surface area contributed by atoms with Crippen LogP contribution in [0.3, 0.4) is 0 Å². The Morgan fingerprint density at radius 1 is 1.03 bits per heavy atom. The monoisotopic (exact) mass is 394 g/mol. The molecule has 150 valence electrons. The highest BCUT2D eigenvalue weighted by Crippen LogP contribution is 2.40. The van der Waals surface area contributed by atoms with Crippen molar-refractivity contribution in [3.63, 3.8) is 0 Å². The maximum absolute atomic E-state index is 13.4. The summed E-state index contributed by atoms with van der Waals surface area (Å²) >= 11 is 0. The van der Waals surface area contributed by atoms with Gasteiger partial charge < -0.3 is 5.32 Å². The first-order valence-electron chi connectivity index (χ1n) is 10.1. The Labute approximate surface area is 169 Å². The van der Waals surface area contributed by atoms with Gasteiger partial charge in [0, 0.05) is 29.3 Å². The van der Waals surface area contributed by atoms with Gasteiger partial charge in [0.15, 0.2) is 11.6 Å². The summed E-state index contributed by atoms with van der Waals surface area (Å²) in [6.07, 6.45) is 5.87. The van der Waals surface area contributed by atoms with Gasteiger partial charge in [-0.25, -0.2) is 8.78 Å². The van der Waals surface area contributed by atoms with Crippen LogP contribution in [0.1, 0.15) is 44.1 Å². The molecule has 0 bridgehead atoms. The van der Waals surface area contributed by atoms with Gasteiger partial charge in [0.05, 0.1) is 5.52 Å². The zero-order valence-corrected chi connectivity index (χ0v) is 16.4. The SMILES string of the molecule is C[C@@H](C(=O)Nc1ccc(F)c(F)c1)[C@H]1CC[C@H](c2ccnc3ccccc32)CC1. The molecule has 1 amide bonds. The van der Waals surface area contributed by atoms with Crippen molar-refractivity contribution in [1.29, 1.82) is 0 Å². The van der Waals surface area contributed by atoms with E-state index in [1.54, 1.807) is 0 Å². The van der Waals surface area contributed by atoms with Crippen LogP contribution in [0.15, 0.2) is 54.7 Å². The van der Waals surface area contributed by atoms with Crippen LogP contribution in [0.2, 0.25) is 0 Å². The summed E-state index contributed by atoms with van der Waals surface area (Å²) in [7, 11) is 0. The summed E-state index contributed by atoms with van der Waals surface area (Å²) in [5.41, 5.74) is 2.65. The Bertz CT molecular complexity index is 1020. The van der Waals surface area contributed by atoms with Gasteiger partial charge in [0.25, 0.3) is 0 Å². The number of anilines is 1. The minimum Gasteiger partial charge on any atom is -0.326 e. The molecule has 1 fully saturated rings. The Hall–Kier alpha value is -2.82. The number of halogens is 2. The summed E-state index contributed by atoms with van der Waals surface area (Å²) in [5, 5.41) is 3.93. The molecule has 5 heteroatoms. The maximum Gasteiger partial charge on any atom is 0.227 e. The smallest absolute Gasteiger partial charge is 0.227 e. The van der Waals surface area contributed by atoms with Crippen molar-refractivity contribution in [1.82, 2.24) is 4.98 Å². The van der Waals surface area contributed by atoms with Gasteiger partial charge >= 0.3 is 0 Å². The Kier molecular flexibility index (Phi) is 5.56. The van der Waals surface area contributed by atoms with Crippen LogP contribution in [-0.4, -0.2) is 10.9 Å². The number of aromatic nitrogens is 1. The van der Waals surface area contributed by atoms with E-state index < -0.39 is 11.6 Å². The number of rotatable bonds is 4. The lowest BCUT2D eigenvalue weighted by Gasteiger charge is -2.32. The van der Waals surface area contributed by atoms with Gasteiger partial charge in [-0.15, -0.1) is 0 Å². The first-order valence-corrected chi connectivity index (χ1v) is 10.1. The van der Waals surface area contributed by atoms with Crippen molar-refractivity contribution in [3.8, 4) is 0 Å². The summed E-state index contributed by atoms with van der Waals surface area (Å²) in [6, 6.07) is 13.8. The molecule has 3 aromatic rings. The molecule has 4 rings (SSSR count). The fourth-order valence-electron chi connectivity index (χ4n) is 4.45. The second kappa shape index (κ2) is 8.27. The van der Waals surface area contributed by atoms with Gasteiger partial charge in [0.1, 0.15) is 0 Å². The number of hydrogen-bond acceptors (Lipinski definition) is 2. The van der Waals surface area contributed by atoms with E-state index in [0.29, 0.717) is 5.92 Å². The molecule has 0 radical (unpaired) electrons. The first kappa shape index (κ1) is 19.5. The Morgan fingerprint density at radius 2 is 1.79 bits per heavy atom. The third-order valence-corrected chi connectivity index (χ3v) is 6.20. The first-order chi connectivity index (χ1) is 14.0. The van der Waals surface area contributed by atoms with Crippen molar-refractivity contribution in [2.75, 3.05) is 5.32 Å². The minimum atomic E-state index is -0.958. The topological polar surface area (TPSA) is 42.0 Å². The van der Waals surface area contributed by atoms with E-state index in [1.165, 1.54) is 17.0 Å². The van der Waals surface area contributed by atoms with Crippen molar-refractivity contribution < 1.29 is 13.6 Å². The molecule has 1 saturated carbocycles. The van der Waals surface area contributed by atoms with E-state index in [1.807, 2.05) is 31.3 Å². The molecule has 1 heterocycles. The number of benzene rings is 2. The molecule has 1 N–H and O–H groups in total. The van der Waals surface area contributed by atoms with E-state index in [-0.39, 0.29) is 23.4 Å². The summed E-state index contributed by atoms with van der Waals surface area (Å²) in [4.78, 5) is 17.1. The largest absolute Gasteiger partial charge is 0.326 e. The molecule has 1 aromatic heterocycles. The Balaban J connectivity index is 1.39. The number of carbonyl (C=O) groups is 1. The number of hydrogen-bond donors (Lipinski definition) is 1. The predicted octanol–water partition coefficient (Wildman–Crippen LogP) is 6.06. The third-order valence-electron chi connectivity index (χ3n) is 6.20. The summed E-state index contributed by atoms with van der Waals surface area (Å²) in [6.45, 7) is 1.92. The fraction of sp³-hybridized carbons (Fsp3) is 0.333. The highest BCUT2D eigenvalue weighted by Gasteiger charge is 2.30. The average molecular weight is 394 g/mol. The van der Waals surface area contributed by atoms with Gasteiger partial charge in [-0.1, -0.05) is 25.1 Å². The van der Waals surface area contributed by atoms with E-state index >= 15 is 0 Å². The molecule has 29 heavy (non-hydrogen) atoms. The molecule has 2 aromatic carbocycles. The van der Waals surface area contributed by atoms with Crippen LogP contribution in [0.25, 0.3) is 10.9 Å². The molecule has 0 aliphatic heterocycles. The number of fused-ring (bicyclic) bond motifs is 1. The van der Waals surface area contributed by atoms with Crippen molar-refractivity contribution >= 4 is 22.5 Å². The lowest BCUT2D eigenvalue weighted by molar-refractivity contribution is -0.121. The molecular formula is C24H24F2N2O. The summed E-state index contributed by atoms with van der Waals surface area (Å²) in [5.74, 6) is -1.45. The maximum atomic E-state index is 13.4. The normalized spacial score (nSPS) is 20.4. The van der Waals surface area contributed by atoms with Gasteiger partial charge in [-0.3, -0.25) is 9.78 Å². The van der Waals surface area contributed by atoms with Gasteiger partial charge in [0.2, 0.25) is 5.91 Å².